The van der Waals surface area contributed by atoms with Crippen LogP contribution in [0.4, 0.5) is 0 Å². The van der Waals surface area contributed by atoms with Crippen molar-refractivity contribution in [2.45, 2.75) is 58.3 Å². The summed E-state index contributed by atoms with van der Waals surface area (Å²) in [4.78, 5) is 0. The van der Waals surface area contributed by atoms with Gasteiger partial charge in [-0.05, 0) is 53.9 Å². The fourth-order valence-electron chi connectivity index (χ4n) is 3.01. The zero-order valence-electron chi connectivity index (χ0n) is 11.3. The monoisotopic (exact) mass is 228 g/mol. The van der Waals surface area contributed by atoms with Crippen LogP contribution in [-0.2, 0) is 6.42 Å². The quantitative estimate of drug-likeness (QED) is 0.639. The average Bonchev–Trinajstić information content (AvgIpc) is 2.70. The van der Waals surface area contributed by atoms with E-state index in [0.717, 1.165) is 12.3 Å². The minimum absolute atomic E-state index is 0.768. The normalized spacial score (nSPS) is 14.4. The van der Waals surface area contributed by atoms with Crippen molar-refractivity contribution in [3.05, 3.63) is 41.5 Å². The predicted molar refractivity (Wildman–Crippen MR) is 76.4 cm³/mol. The van der Waals surface area contributed by atoms with E-state index < -0.39 is 0 Å². The van der Waals surface area contributed by atoms with Crippen LogP contribution in [0.2, 0.25) is 0 Å². The predicted octanol–water partition coefficient (Wildman–Crippen LogP) is 5.33. The first-order valence-corrected chi connectivity index (χ1v) is 7.07. The minimum Gasteiger partial charge on any atom is -0.0952 e. The molecule has 0 fully saturated rings. The molecule has 0 saturated carbocycles. The molecule has 0 heteroatoms. The molecule has 1 aromatic rings. The van der Waals surface area contributed by atoms with E-state index in [1.165, 1.54) is 48.8 Å². The Labute approximate surface area is 106 Å². The van der Waals surface area contributed by atoms with E-state index in [1.54, 1.807) is 5.56 Å². The summed E-state index contributed by atoms with van der Waals surface area (Å²) in [7, 11) is 0. The van der Waals surface area contributed by atoms with Gasteiger partial charge in [0, 0.05) is 0 Å². The van der Waals surface area contributed by atoms with Crippen molar-refractivity contribution in [3.63, 3.8) is 0 Å². The van der Waals surface area contributed by atoms with Gasteiger partial charge in [0.15, 0.2) is 0 Å². The molecule has 0 spiro atoms. The lowest BCUT2D eigenvalue weighted by Gasteiger charge is -2.17. The van der Waals surface area contributed by atoms with Crippen LogP contribution >= 0.6 is 0 Å². The van der Waals surface area contributed by atoms with Gasteiger partial charge in [-0.1, -0.05) is 51.5 Å². The number of fused-ring (bicyclic) bond motifs is 1. The summed E-state index contributed by atoms with van der Waals surface area (Å²) in [6.07, 6.45) is 7.59. The maximum absolute atomic E-state index is 4.14. The fourth-order valence-corrected chi connectivity index (χ4v) is 3.01. The Kier molecular flexibility index (Phi) is 4.04. The van der Waals surface area contributed by atoms with E-state index in [1.807, 2.05) is 0 Å². The van der Waals surface area contributed by atoms with Gasteiger partial charge < -0.3 is 0 Å². The summed E-state index contributed by atoms with van der Waals surface area (Å²) in [5.74, 6) is 0.768. The van der Waals surface area contributed by atoms with Crippen LogP contribution in [0.25, 0.3) is 5.57 Å². The zero-order chi connectivity index (χ0) is 12.3. The van der Waals surface area contributed by atoms with Crippen molar-refractivity contribution >= 4 is 5.57 Å². The van der Waals surface area contributed by atoms with E-state index in [4.69, 9.17) is 0 Å². The summed E-state index contributed by atoms with van der Waals surface area (Å²) >= 11 is 0. The fraction of sp³-hybridized carbons (Fsp3) is 0.529. The molecule has 1 aliphatic carbocycles. The SMILES string of the molecule is C=C1CCc2cc(C(CCC)CCC)ccc21. The second-order valence-electron chi connectivity index (χ2n) is 5.29. The highest BCUT2D eigenvalue weighted by Crippen LogP contribution is 2.34. The first-order chi connectivity index (χ1) is 8.26. The Bertz CT molecular complexity index is 394. The van der Waals surface area contributed by atoms with Gasteiger partial charge >= 0.3 is 0 Å². The summed E-state index contributed by atoms with van der Waals surface area (Å²) in [5.41, 5.74) is 5.83. The molecule has 1 aliphatic rings. The van der Waals surface area contributed by atoms with Gasteiger partial charge in [-0.3, -0.25) is 0 Å². The number of hydrogen-bond donors (Lipinski definition) is 0. The van der Waals surface area contributed by atoms with E-state index in [9.17, 15) is 0 Å². The van der Waals surface area contributed by atoms with E-state index in [2.05, 4.69) is 38.6 Å². The molecule has 0 N–H and O–H groups in total. The zero-order valence-corrected chi connectivity index (χ0v) is 11.3. The number of benzene rings is 1. The molecule has 0 unspecified atom stereocenters. The standard InChI is InChI=1S/C17H24/c1-4-6-14(7-5-2)15-10-11-17-13(3)8-9-16(17)12-15/h10-12,14H,3-9H2,1-2H3. The number of allylic oxidation sites excluding steroid dienone is 1. The average molecular weight is 228 g/mol. The summed E-state index contributed by atoms with van der Waals surface area (Å²) in [5, 5.41) is 0. The van der Waals surface area contributed by atoms with Crippen LogP contribution < -0.4 is 0 Å². The minimum atomic E-state index is 0.768. The third kappa shape index (κ3) is 2.62. The number of rotatable bonds is 5. The second kappa shape index (κ2) is 5.53. The third-order valence-electron chi connectivity index (χ3n) is 3.95. The summed E-state index contributed by atoms with van der Waals surface area (Å²) in [6.45, 7) is 8.72. The summed E-state index contributed by atoms with van der Waals surface area (Å²) in [6, 6.07) is 7.09. The van der Waals surface area contributed by atoms with Gasteiger partial charge in [-0.25, -0.2) is 0 Å². The summed E-state index contributed by atoms with van der Waals surface area (Å²) < 4.78 is 0. The van der Waals surface area contributed by atoms with Gasteiger partial charge in [0.2, 0.25) is 0 Å². The number of aryl methyl sites for hydroxylation is 1. The van der Waals surface area contributed by atoms with Crippen LogP contribution in [-0.4, -0.2) is 0 Å². The van der Waals surface area contributed by atoms with E-state index in [-0.39, 0.29) is 0 Å². The molecule has 0 heterocycles. The lowest BCUT2D eigenvalue weighted by atomic mass is 9.88. The maximum atomic E-state index is 4.14. The molecule has 0 aliphatic heterocycles. The van der Waals surface area contributed by atoms with Crippen LogP contribution in [0.1, 0.15) is 68.6 Å². The van der Waals surface area contributed by atoms with Crippen LogP contribution in [0, 0.1) is 0 Å². The van der Waals surface area contributed by atoms with Crippen molar-refractivity contribution in [1.82, 2.24) is 0 Å². The van der Waals surface area contributed by atoms with Gasteiger partial charge in [-0.2, -0.15) is 0 Å². The first kappa shape index (κ1) is 12.4. The van der Waals surface area contributed by atoms with Crippen LogP contribution in [0.15, 0.2) is 24.8 Å². The van der Waals surface area contributed by atoms with Crippen LogP contribution in [0.3, 0.4) is 0 Å². The molecular weight excluding hydrogens is 204 g/mol. The van der Waals surface area contributed by atoms with Gasteiger partial charge in [0.05, 0.1) is 0 Å². The Hall–Kier alpha value is -1.04. The second-order valence-corrected chi connectivity index (χ2v) is 5.29. The molecular formula is C17H24. The Morgan fingerprint density at radius 3 is 2.47 bits per heavy atom. The van der Waals surface area contributed by atoms with Crippen molar-refractivity contribution < 1.29 is 0 Å². The van der Waals surface area contributed by atoms with Gasteiger partial charge in [-0.15, -0.1) is 0 Å². The first-order valence-electron chi connectivity index (χ1n) is 7.07. The topological polar surface area (TPSA) is 0 Å². The van der Waals surface area contributed by atoms with Gasteiger partial charge in [0.1, 0.15) is 0 Å². The van der Waals surface area contributed by atoms with Crippen molar-refractivity contribution in [3.8, 4) is 0 Å². The van der Waals surface area contributed by atoms with Crippen molar-refractivity contribution in [2.24, 2.45) is 0 Å². The Morgan fingerprint density at radius 2 is 1.82 bits per heavy atom. The molecule has 2 rings (SSSR count). The highest BCUT2D eigenvalue weighted by Gasteiger charge is 2.17. The molecule has 0 atom stereocenters. The van der Waals surface area contributed by atoms with E-state index >= 15 is 0 Å². The van der Waals surface area contributed by atoms with Crippen LogP contribution in [0.5, 0.6) is 0 Å². The van der Waals surface area contributed by atoms with Gasteiger partial charge in [0.25, 0.3) is 0 Å². The molecule has 1 aromatic carbocycles. The third-order valence-corrected chi connectivity index (χ3v) is 3.95. The maximum Gasteiger partial charge on any atom is -0.0162 e. The Balaban J connectivity index is 2.23. The van der Waals surface area contributed by atoms with E-state index in [0.29, 0.717) is 0 Å². The van der Waals surface area contributed by atoms with Crippen molar-refractivity contribution in [1.29, 1.82) is 0 Å². The molecule has 0 nitrogen and oxygen atoms in total. The molecule has 17 heavy (non-hydrogen) atoms. The smallest absolute Gasteiger partial charge is 0.0162 e. The highest BCUT2D eigenvalue weighted by molar-refractivity contribution is 5.71. The molecule has 0 aromatic heterocycles. The molecule has 92 valence electrons. The largest absolute Gasteiger partial charge is 0.0952 e. The molecule has 0 saturated heterocycles. The molecule has 0 bridgehead atoms. The highest BCUT2D eigenvalue weighted by atomic mass is 14.2. The lowest BCUT2D eigenvalue weighted by Crippen LogP contribution is -1.99. The van der Waals surface area contributed by atoms with Crippen molar-refractivity contribution in [2.75, 3.05) is 0 Å². The molecule has 0 amide bonds. The number of hydrogen-bond acceptors (Lipinski definition) is 0. The Morgan fingerprint density at radius 1 is 1.12 bits per heavy atom. The molecule has 0 radical (unpaired) electrons. The lowest BCUT2D eigenvalue weighted by molar-refractivity contribution is 0.560.